The predicted octanol–water partition coefficient (Wildman–Crippen LogP) is 7.80. The zero-order valence-corrected chi connectivity index (χ0v) is 24.6. The molecule has 8 heteroatoms. The molecule has 0 spiro atoms. The van der Waals surface area contributed by atoms with E-state index in [0.717, 1.165) is 60.7 Å². The number of benzene rings is 4. The second kappa shape index (κ2) is 8.87. The van der Waals surface area contributed by atoms with E-state index in [4.69, 9.17) is 29.9 Å². The van der Waals surface area contributed by atoms with E-state index in [-0.39, 0.29) is 0 Å². The number of nitrogens with zero attached hydrogens (tertiary/aromatic N) is 7. The van der Waals surface area contributed by atoms with Crippen molar-refractivity contribution < 1.29 is 0 Å². The molecule has 3 aromatic heterocycles. The van der Waals surface area contributed by atoms with Crippen LogP contribution >= 0.6 is 0 Å². The zero-order chi connectivity index (χ0) is 29.7. The lowest BCUT2D eigenvalue weighted by molar-refractivity contribution is 0.967. The molecule has 44 heavy (non-hydrogen) atoms. The van der Waals surface area contributed by atoms with Gasteiger partial charge in [-0.15, -0.1) is 0 Å². The number of hydrogen-bond donors (Lipinski definition) is 1. The topological polar surface area (TPSA) is 98.1 Å². The predicted molar refractivity (Wildman–Crippen MR) is 175 cm³/mol. The van der Waals surface area contributed by atoms with Gasteiger partial charge in [0.1, 0.15) is 22.6 Å². The van der Waals surface area contributed by atoms with Crippen molar-refractivity contribution >= 4 is 44.1 Å². The van der Waals surface area contributed by atoms with Gasteiger partial charge in [0.2, 0.25) is 0 Å². The van der Waals surface area contributed by atoms with Crippen LogP contribution in [-0.2, 0) is 7.05 Å². The zero-order valence-electron chi connectivity index (χ0n) is 24.6. The summed E-state index contributed by atoms with van der Waals surface area (Å²) in [6, 6.07) is 26.7. The molecular formula is C36H26N8. The number of aryl methyl sites for hydroxylation is 3. The van der Waals surface area contributed by atoms with Crippen molar-refractivity contribution in [1.82, 2.24) is 39.5 Å². The van der Waals surface area contributed by atoms with Crippen molar-refractivity contribution in [2.75, 3.05) is 0 Å². The summed E-state index contributed by atoms with van der Waals surface area (Å²) in [7, 11) is 1.99. The van der Waals surface area contributed by atoms with E-state index in [1.54, 1.807) is 0 Å². The Hall–Kier alpha value is -5.76. The molecule has 1 N–H and O–H groups in total. The summed E-state index contributed by atoms with van der Waals surface area (Å²) >= 11 is 0. The van der Waals surface area contributed by atoms with Crippen LogP contribution in [-0.4, -0.2) is 39.5 Å². The Morgan fingerprint density at radius 3 is 1.48 bits per heavy atom. The highest BCUT2D eigenvalue weighted by Gasteiger charge is 2.23. The number of aromatic nitrogens is 8. The van der Waals surface area contributed by atoms with E-state index in [0.29, 0.717) is 34.6 Å². The first kappa shape index (κ1) is 24.8. The van der Waals surface area contributed by atoms with Gasteiger partial charge in [-0.3, -0.25) is 0 Å². The smallest absolute Gasteiger partial charge is 0.164 e. The van der Waals surface area contributed by atoms with Crippen LogP contribution in [0.25, 0.3) is 89.7 Å². The molecule has 7 aromatic rings. The van der Waals surface area contributed by atoms with Crippen LogP contribution in [0, 0.1) is 20.8 Å². The van der Waals surface area contributed by atoms with Crippen LogP contribution in [0.5, 0.6) is 0 Å². The van der Waals surface area contributed by atoms with Gasteiger partial charge in [-0.05, 0) is 43.5 Å². The molecule has 0 radical (unpaired) electrons. The van der Waals surface area contributed by atoms with Crippen LogP contribution in [0.2, 0.25) is 0 Å². The summed E-state index contributed by atoms with van der Waals surface area (Å²) in [5, 5.41) is 4.01. The lowest BCUT2D eigenvalue weighted by atomic mass is 9.99. The molecule has 8 nitrogen and oxygen atoms in total. The van der Waals surface area contributed by atoms with Gasteiger partial charge in [0.15, 0.2) is 23.3 Å². The summed E-state index contributed by atoms with van der Waals surface area (Å²) in [5.74, 6) is 2.46. The molecule has 2 aliphatic rings. The first-order valence-corrected chi connectivity index (χ1v) is 14.6. The van der Waals surface area contributed by atoms with Crippen molar-refractivity contribution in [2.24, 2.45) is 7.05 Å². The Morgan fingerprint density at radius 1 is 0.500 bits per heavy atom. The highest BCUT2D eigenvalue weighted by atomic mass is 15.1. The lowest BCUT2D eigenvalue weighted by Crippen LogP contribution is -1.92. The number of H-pyrrole nitrogens is 1. The number of hydrogen-bond acceptors (Lipinski definition) is 6. The largest absolute Gasteiger partial charge is 0.324 e. The standard InChI is InChI=1S/C36H26N8/c1-18-17-27-28(20(3)19(18)2)34-40-30-22-12-6-8-14-24(22)32(38-30)43-36-26-16-10-9-15-25(26)35(44(36)4)42-31-23-13-7-5-11-21(23)29(37-31)39-33(27)41-34/h5-17H,1-4H3,(H,37,38,39,40,41,42,43). The molecule has 5 heterocycles. The average molecular weight is 571 g/mol. The SMILES string of the molecule is Cc1cc2c3nc4nc(nc5c6ccccc6c(nc6nc(nc([nH]3)c2c(C)c1C)-c1ccccc1-6)n5C)-c1ccccc1-4. The van der Waals surface area contributed by atoms with E-state index in [2.05, 4.69) is 68.2 Å². The van der Waals surface area contributed by atoms with Crippen LogP contribution in [0.3, 0.4) is 0 Å². The minimum Gasteiger partial charge on any atom is -0.324 e. The van der Waals surface area contributed by atoms with Crippen molar-refractivity contribution in [3.63, 3.8) is 0 Å². The van der Waals surface area contributed by atoms with Gasteiger partial charge in [0, 0.05) is 50.8 Å². The minimum absolute atomic E-state index is 0.611. The molecule has 2 aliphatic heterocycles. The summed E-state index contributed by atoms with van der Waals surface area (Å²) in [4.78, 5) is 34.3. The molecule has 210 valence electrons. The second-order valence-electron chi connectivity index (χ2n) is 11.5. The molecule has 0 aliphatic carbocycles. The van der Waals surface area contributed by atoms with Gasteiger partial charge < -0.3 is 9.55 Å². The van der Waals surface area contributed by atoms with E-state index in [9.17, 15) is 0 Å². The van der Waals surface area contributed by atoms with Crippen LogP contribution in [0.1, 0.15) is 16.7 Å². The van der Waals surface area contributed by atoms with Crippen LogP contribution < -0.4 is 0 Å². The van der Waals surface area contributed by atoms with Gasteiger partial charge in [-0.1, -0.05) is 72.8 Å². The molecule has 0 atom stereocenters. The van der Waals surface area contributed by atoms with Gasteiger partial charge in [-0.25, -0.2) is 29.9 Å². The number of fused-ring (bicyclic) bond motifs is 20. The van der Waals surface area contributed by atoms with Gasteiger partial charge in [0.05, 0.1) is 0 Å². The van der Waals surface area contributed by atoms with Crippen molar-refractivity contribution in [3.8, 4) is 45.6 Å². The molecule has 0 unspecified atom stereocenters. The molecular weight excluding hydrogens is 544 g/mol. The maximum atomic E-state index is 5.18. The van der Waals surface area contributed by atoms with Crippen molar-refractivity contribution in [2.45, 2.75) is 20.8 Å². The Balaban J connectivity index is 1.55. The Bertz CT molecular complexity index is 2560. The second-order valence-corrected chi connectivity index (χ2v) is 11.5. The van der Waals surface area contributed by atoms with E-state index < -0.39 is 0 Å². The minimum atomic E-state index is 0.611. The molecule has 0 amide bonds. The van der Waals surface area contributed by atoms with Gasteiger partial charge in [0.25, 0.3) is 0 Å². The van der Waals surface area contributed by atoms with Gasteiger partial charge in [-0.2, -0.15) is 0 Å². The third-order valence-electron chi connectivity index (χ3n) is 9.03. The quantitative estimate of drug-likeness (QED) is 0.200. The summed E-state index contributed by atoms with van der Waals surface area (Å²) in [6.45, 7) is 6.43. The number of nitrogens with one attached hydrogen (secondary N) is 1. The summed E-state index contributed by atoms with van der Waals surface area (Å²) in [6.07, 6.45) is 0. The fraction of sp³-hybridized carbons (Fsp3) is 0.111. The van der Waals surface area contributed by atoms with Crippen LogP contribution in [0.15, 0.2) is 78.9 Å². The number of aromatic amines is 1. The molecule has 8 bridgehead atoms. The first-order valence-electron chi connectivity index (χ1n) is 14.6. The summed E-state index contributed by atoms with van der Waals surface area (Å²) < 4.78 is 2.02. The normalized spacial score (nSPS) is 12.1. The number of rotatable bonds is 0. The monoisotopic (exact) mass is 570 g/mol. The van der Waals surface area contributed by atoms with E-state index >= 15 is 0 Å². The molecule has 4 aromatic carbocycles. The Labute approximate surface area is 252 Å². The maximum absolute atomic E-state index is 5.18. The average Bonchev–Trinajstić information content (AvgIpc) is 3.74. The lowest BCUT2D eigenvalue weighted by Gasteiger charge is -2.06. The van der Waals surface area contributed by atoms with E-state index in [1.165, 1.54) is 11.1 Å². The summed E-state index contributed by atoms with van der Waals surface area (Å²) in [5.41, 5.74) is 10.3. The first-order chi connectivity index (χ1) is 21.5. The molecule has 0 saturated heterocycles. The van der Waals surface area contributed by atoms with Crippen molar-refractivity contribution in [1.29, 1.82) is 0 Å². The third kappa shape index (κ3) is 3.39. The molecule has 9 rings (SSSR count). The van der Waals surface area contributed by atoms with Crippen molar-refractivity contribution in [3.05, 3.63) is 95.6 Å². The Morgan fingerprint density at radius 2 is 0.955 bits per heavy atom. The highest BCUT2D eigenvalue weighted by molar-refractivity contribution is 6.08. The highest BCUT2D eigenvalue weighted by Crippen LogP contribution is 2.38. The third-order valence-corrected chi connectivity index (χ3v) is 9.03. The molecule has 0 fully saturated rings. The fourth-order valence-electron chi connectivity index (χ4n) is 6.53. The van der Waals surface area contributed by atoms with E-state index in [1.807, 2.05) is 48.0 Å². The Kier molecular flexibility index (Phi) is 5.00. The maximum Gasteiger partial charge on any atom is 0.164 e. The fourth-order valence-corrected chi connectivity index (χ4v) is 6.53. The molecule has 0 saturated carbocycles. The van der Waals surface area contributed by atoms with Gasteiger partial charge >= 0.3 is 0 Å². The van der Waals surface area contributed by atoms with Crippen LogP contribution in [0.4, 0.5) is 0 Å².